The van der Waals surface area contributed by atoms with Crippen molar-refractivity contribution in [3.05, 3.63) is 65.7 Å². The fourth-order valence-corrected chi connectivity index (χ4v) is 2.49. The van der Waals surface area contributed by atoms with Crippen molar-refractivity contribution in [2.45, 2.75) is 25.3 Å². The van der Waals surface area contributed by atoms with Crippen molar-refractivity contribution in [1.82, 2.24) is 10.6 Å². The zero-order valence-electron chi connectivity index (χ0n) is 14.0. The van der Waals surface area contributed by atoms with Crippen molar-refractivity contribution >= 4 is 11.8 Å². The predicted molar refractivity (Wildman–Crippen MR) is 95.4 cm³/mol. The zero-order chi connectivity index (χ0) is 17.5. The van der Waals surface area contributed by atoms with Crippen LogP contribution in [-0.4, -0.2) is 31.0 Å². The average molecular weight is 338 g/mol. The van der Waals surface area contributed by atoms with Gasteiger partial charge in [0.05, 0.1) is 6.54 Å². The van der Waals surface area contributed by atoms with Gasteiger partial charge in [-0.1, -0.05) is 48.5 Å². The van der Waals surface area contributed by atoms with Gasteiger partial charge >= 0.3 is 0 Å². The number of benzene rings is 2. The van der Waals surface area contributed by atoms with E-state index in [4.69, 9.17) is 4.74 Å². The number of ether oxygens (including phenoxy) is 1. The molecule has 0 bridgehead atoms. The van der Waals surface area contributed by atoms with Crippen molar-refractivity contribution in [1.29, 1.82) is 0 Å². The van der Waals surface area contributed by atoms with E-state index in [2.05, 4.69) is 22.8 Å². The molecular weight excluding hydrogens is 316 g/mol. The number of amides is 2. The van der Waals surface area contributed by atoms with Crippen molar-refractivity contribution in [2.75, 3.05) is 13.2 Å². The number of carbonyl (C=O) groups is 2. The molecule has 0 aromatic heterocycles. The molecule has 0 radical (unpaired) electrons. The third-order valence-electron chi connectivity index (χ3n) is 3.96. The maximum atomic E-state index is 11.9. The first kappa shape index (κ1) is 17.0. The Kier molecular flexibility index (Phi) is 5.67. The second-order valence-corrected chi connectivity index (χ2v) is 6.18. The highest BCUT2D eigenvalue weighted by molar-refractivity contribution is 5.85. The van der Waals surface area contributed by atoms with E-state index in [-0.39, 0.29) is 25.0 Å². The molecule has 2 amide bonds. The van der Waals surface area contributed by atoms with Crippen LogP contribution < -0.4 is 15.4 Å². The molecule has 2 aromatic carbocycles. The molecule has 0 spiro atoms. The molecule has 1 aliphatic carbocycles. The molecule has 0 unspecified atom stereocenters. The molecule has 2 aromatic rings. The van der Waals surface area contributed by atoms with Crippen molar-refractivity contribution in [3.8, 4) is 5.75 Å². The summed E-state index contributed by atoms with van der Waals surface area (Å²) in [6.07, 6.45) is 2.80. The highest BCUT2D eigenvalue weighted by Gasteiger charge is 2.23. The maximum absolute atomic E-state index is 11.9. The summed E-state index contributed by atoms with van der Waals surface area (Å²) in [6.45, 7) is -0.118. The summed E-state index contributed by atoms with van der Waals surface area (Å²) >= 11 is 0. The molecule has 1 saturated carbocycles. The lowest BCUT2D eigenvalue weighted by atomic mass is 10.0. The van der Waals surface area contributed by atoms with Gasteiger partial charge in [0.15, 0.2) is 6.61 Å². The van der Waals surface area contributed by atoms with Gasteiger partial charge in [0.2, 0.25) is 5.91 Å². The van der Waals surface area contributed by atoms with Crippen LogP contribution in [0.5, 0.6) is 5.75 Å². The van der Waals surface area contributed by atoms with E-state index in [1.54, 1.807) is 0 Å². The molecule has 0 atom stereocenters. The summed E-state index contributed by atoms with van der Waals surface area (Å²) in [5, 5.41) is 5.40. The number of hydrogen-bond donors (Lipinski definition) is 2. The topological polar surface area (TPSA) is 67.4 Å². The molecular formula is C20H22N2O3. The van der Waals surface area contributed by atoms with Gasteiger partial charge in [0.25, 0.3) is 5.91 Å². The highest BCUT2D eigenvalue weighted by atomic mass is 16.5. The molecule has 25 heavy (non-hydrogen) atoms. The van der Waals surface area contributed by atoms with Crippen LogP contribution in [0.2, 0.25) is 0 Å². The van der Waals surface area contributed by atoms with E-state index >= 15 is 0 Å². The quantitative estimate of drug-likeness (QED) is 0.774. The minimum absolute atomic E-state index is 0.00957. The molecule has 1 aliphatic rings. The van der Waals surface area contributed by atoms with Gasteiger partial charge < -0.3 is 15.4 Å². The Bertz CT molecular complexity index is 727. The summed E-state index contributed by atoms with van der Waals surface area (Å²) in [7, 11) is 0. The molecule has 5 heteroatoms. The Morgan fingerprint density at radius 2 is 1.68 bits per heavy atom. The summed E-state index contributed by atoms with van der Waals surface area (Å²) in [5.41, 5.74) is 2.20. The van der Waals surface area contributed by atoms with E-state index in [0.717, 1.165) is 24.8 Å². The van der Waals surface area contributed by atoms with E-state index < -0.39 is 0 Å². The van der Waals surface area contributed by atoms with Gasteiger partial charge in [0.1, 0.15) is 5.75 Å². The summed E-state index contributed by atoms with van der Waals surface area (Å²) in [5.74, 6) is 0.227. The van der Waals surface area contributed by atoms with Crippen molar-refractivity contribution < 1.29 is 14.3 Å². The van der Waals surface area contributed by atoms with Gasteiger partial charge in [-0.3, -0.25) is 9.59 Å². The first-order valence-corrected chi connectivity index (χ1v) is 8.51. The third kappa shape index (κ3) is 5.64. The predicted octanol–water partition coefficient (Wildman–Crippen LogP) is 2.05. The normalized spacial score (nSPS) is 13.1. The van der Waals surface area contributed by atoms with Crippen LogP contribution in [0.25, 0.3) is 0 Å². The maximum Gasteiger partial charge on any atom is 0.258 e. The van der Waals surface area contributed by atoms with Gasteiger partial charge in [-0.15, -0.1) is 0 Å². The van der Waals surface area contributed by atoms with E-state index in [1.165, 1.54) is 5.56 Å². The Balaban J connectivity index is 1.48. The standard InChI is InChI=1S/C20H22N2O3/c23-19(22-17-10-11-17)13-21-20(24)14-25-18-9-5-4-8-16(18)12-15-6-2-1-3-7-15/h1-9,17H,10-14H2,(H,21,24)(H,22,23). The molecule has 1 fully saturated rings. The fraction of sp³-hybridized carbons (Fsp3) is 0.300. The summed E-state index contributed by atoms with van der Waals surface area (Å²) < 4.78 is 5.65. The van der Waals surface area contributed by atoms with Crippen LogP contribution in [0.4, 0.5) is 0 Å². The van der Waals surface area contributed by atoms with Gasteiger partial charge in [-0.2, -0.15) is 0 Å². The first-order valence-electron chi connectivity index (χ1n) is 8.51. The van der Waals surface area contributed by atoms with E-state index in [9.17, 15) is 9.59 Å². The van der Waals surface area contributed by atoms with Crippen LogP contribution in [0.15, 0.2) is 54.6 Å². The lowest BCUT2D eigenvalue weighted by Crippen LogP contribution is -2.39. The second-order valence-electron chi connectivity index (χ2n) is 6.18. The SMILES string of the molecule is O=C(COc1ccccc1Cc1ccccc1)NCC(=O)NC1CC1. The van der Waals surface area contributed by atoms with Crippen molar-refractivity contribution in [3.63, 3.8) is 0 Å². The summed E-state index contributed by atoms with van der Waals surface area (Å²) in [4.78, 5) is 23.4. The Morgan fingerprint density at radius 1 is 0.960 bits per heavy atom. The third-order valence-corrected chi connectivity index (χ3v) is 3.96. The molecule has 130 valence electrons. The van der Waals surface area contributed by atoms with Crippen molar-refractivity contribution in [2.24, 2.45) is 0 Å². The Hall–Kier alpha value is -2.82. The van der Waals surface area contributed by atoms with Crippen LogP contribution >= 0.6 is 0 Å². The lowest BCUT2D eigenvalue weighted by Gasteiger charge is -2.12. The largest absolute Gasteiger partial charge is 0.483 e. The molecule has 3 rings (SSSR count). The van der Waals surface area contributed by atoms with E-state index in [1.807, 2.05) is 42.5 Å². The smallest absolute Gasteiger partial charge is 0.258 e. The number of hydrogen-bond acceptors (Lipinski definition) is 3. The minimum Gasteiger partial charge on any atom is -0.483 e. The molecule has 0 saturated heterocycles. The monoisotopic (exact) mass is 338 g/mol. The number of nitrogens with one attached hydrogen (secondary N) is 2. The Morgan fingerprint density at radius 3 is 2.44 bits per heavy atom. The molecule has 0 aliphatic heterocycles. The first-order chi connectivity index (χ1) is 12.2. The number of rotatable bonds is 8. The van der Waals surface area contributed by atoms with Gasteiger partial charge in [-0.25, -0.2) is 0 Å². The summed E-state index contributed by atoms with van der Waals surface area (Å²) in [6, 6.07) is 18.1. The molecule has 2 N–H and O–H groups in total. The highest BCUT2D eigenvalue weighted by Crippen LogP contribution is 2.21. The van der Waals surface area contributed by atoms with Gasteiger partial charge in [0, 0.05) is 12.5 Å². The van der Waals surface area contributed by atoms with Crippen LogP contribution in [0.3, 0.4) is 0 Å². The number of para-hydroxylation sites is 1. The second kappa shape index (κ2) is 8.33. The van der Waals surface area contributed by atoms with Crippen LogP contribution in [0.1, 0.15) is 24.0 Å². The minimum atomic E-state index is -0.305. The van der Waals surface area contributed by atoms with Crippen LogP contribution in [-0.2, 0) is 16.0 Å². The fourth-order valence-electron chi connectivity index (χ4n) is 2.49. The zero-order valence-corrected chi connectivity index (χ0v) is 14.0. The average Bonchev–Trinajstić information content (AvgIpc) is 3.44. The van der Waals surface area contributed by atoms with Gasteiger partial charge in [-0.05, 0) is 30.0 Å². The molecule has 5 nitrogen and oxygen atoms in total. The molecule has 0 heterocycles. The Labute approximate surface area is 147 Å². The van der Waals surface area contributed by atoms with Crippen LogP contribution in [0, 0.1) is 0 Å². The lowest BCUT2D eigenvalue weighted by molar-refractivity contribution is -0.127. The number of carbonyl (C=O) groups excluding carboxylic acids is 2. The van der Waals surface area contributed by atoms with E-state index in [0.29, 0.717) is 11.8 Å².